The summed E-state index contributed by atoms with van der Waals surface area (Å²) in [6.07, 6.45) is 0.870. The first kappa shape index (κ1) is 20.1. The molecule has 0 spiro atoms. The van der Waals surface area contributed by atoms with Crippen LogP contribution in [-0.4, -0.2) is 23.5 Å². The molecule has 2 aromatic carbocycles. The van der Waals surface area contributed by atoms with Crippen molar-refractivity contribution in [2.75, 3.05) is 11.9 Å². The van der Waals surface area contributed by atoms with Crippen LogP contribution in [0.4, 0.5) is 5.69 Å². The quantitative estimate of drug-likeness (QED) is 0.622. The van der Waals surface area contributed by atoms with E-state index in [2.05, 4.69) is 31.9 Å². The van der Waals surface area contributed by atoms with Gasteiger partial charge in [0.05, 0.1) is 0 Å². The third kappa shape index (κ3) is 5.64. The summed E-state index contributed by atoms with van der Waals surface area (Å²) < 4.78 is 0.856. The Labute approximate surface area is 166 Å². The zero-order valence-electron chi connectivity index (χ0n) is 14.6. The van der Waals surface area contributed by atoms with Gasteiger partial charge in [0.2, 0.25) is 0 Å². The van der Waals surface area contributed by atoms with Gasteiger partial charge in [0, 0.05) is 27.8 Å². The van der Waals surface area contributed by atoms with Crippen molar-refractivity contribution in [3.8, 4) is 0 Å². The van der Waals surface area contributed by atoms with Crippen LogP contribution in [0.15, 0.2) is 46.9 Å². The topological polar surface area (TPSA) is 70.2 Å². The van der Waals surface area contributed by atoms with E-state index in [0.29, 0.717) is 23.4 Å². The minimum atomic E-state index is -0.306. The van der Waals surface area contributed by atoms with Crippen molar-refractivity contribution in [3.63, 3.8) is 0 Å². The van der Waals surface area contributed by atoms with Crippen LogP contribution in [0.25, 0.3) is 0 Å². The first-order valence-corrected chi connectivity index (χ1v) is 9.37. The highest BCUT2D eigenvalue weighted by Crippen LogP contribution is 2.17. The van der Waals surface area contributed by atoms with Crippen molar-refractivity contribution < 1.29 is 9.59 Å². The molecule has 0 fully saturated rings. The van der Waals surface area contributed by atoms with Crippen molar-refractivity contribution in [2.24, 2.45) is 0 Å². The lowest BCUT2D eigenvalue weighted by Crippen LogP contribution is -2.34. The zero-order chi connectivity index (χ0) is 19.1. The fourth-order valence-corrected chi connectivity index (χ4v) is 2.74. The first-order valence-electron chi connectivity index (χ1n) is 8.17. The number of benzene rings is 2. The van der Waals surface area contributed by atoms with E-state index in [9.17, 15) is 9.59 Å². The Hall–Kier alpha value is -2.25. The maximum Gasteiger partial charge on any atom is 0.257 e. The van der Waals surface area contributed by atoms with Crippen LogP contribution in [0.3, 0.4) is 0 Å². The normalized spacial score (nSPS) is 10.1. The van der Waals surface area contributed by atoms with Crippen LogP contribution in [0.5, 0.6) is 0 Å². The second-order valence-electron chi connectivity index (χ2n) is 5.71. The molecular formula is C19H20BrN3O2S. The second kappa shape index (κ2) is 9.45. The number of carbonyl (C=O) groups is 2. The number of hydrogen-bond acceptors (Lipinski definition) is 3. The Bertz CT molecular complexity index is 839. The summed E-state index contributed by atoms with van der Waals surface area (Å²) in [5.74, 6) is -0.449. The van der Waals surface area contributed by atoms with E-state index in [1.165, 1.54) is 0 Å². The van der Waals surface area contributed by atoms with Crippen LogP contribution < -0.4 is 16.0 Å². The molecule has 0 radical (unpaired) electrons. The molecule has 26 heavy (non-hydrogen) atoms. The SMILES string of the molecule is CCCNC(=O)c1cccc(NC(=S)NC(=O)c2ccc(C)c(Br)c2)c1. The highest BCUT2D eigenvalue weighted by atomic mass is 79.9. The highest BCUT2D eigenvalue weighted by molar-refractivity contribution is 9.10. The number of carbonyl (C=O) groups excluding carboxylic acids is 2. The van der Waals surface area contributed by atoms with Gasteiger partial charge in [-0.25, -0.2) is 0 Å². The predicted octanol–water partition coefficient (Wildman–Crippen LogP) is 4.02. The molecule has 136 valence electrons. The minimum Gasteiger partial charge on any atom is -0.352 e. The van der Waals surface area contributed by atoms with E-state index in [1.807, 2.05) is 19.9 Å². The molecule has 2 rings (SSSR count). The molecule has 0 atom stereocenters. The summed E-state index contributed by atoms with van der Waals surface area (Å²) >= 11 is 8.60. The molecule has 0 bridgehead atoms. The molecule has 3 N–H and O–H groups in total. The Balaban J connectivity index is 2.00. The average Bonchev–Trinajstić information content (AvgIpc) is 2.62. The molecule has 0 heterocycles. The molecule has 2 amide bonds. The lowest BCUT2D eigenvalue weighted by atomic mass is 10.1. The molecular weight excluding hydrogens is 414 g/mol. The maximum atomic E-state index is 12.3. The van der Waals surface area contributed by atoms with Crippen molar-refractivity contribution >= 4 is 50.8 Å². The van der Waals surface area contributed by atoms with E-state index in [-0.39, 0.29) is 16.9 Å². The lowest BCUT2D eigenvalue weighted by molar-refractivity contribution is 0.0951. The molecule has 0 aliphatic carbocycles. The minimum absolute atomic E-state index is 0.144. The number of thiocarbonyl (C=S) groups is 1. The molecule has 0 aromatic heterocycles. The van der Waals surface area contributed by atoms with Crippen LogP contribution in [0.2, 0.25) is 0 Å². The summed E-state index contributed by atoms with van der Waals surface area (Å²) in [4.78, 5) is 24.3. The van der Waals surface area contributed by atoms with Gasteiger partial charge in [-0.2, -0.15) is 0 Å². The lowest BCUT2D eigenvalue weighted by Gasteiger charge is -2.11. The molecule has 2 aromatic rings. The molecule has 0 saturated carbocycles. The summed E-state index contributed by atoms with van der Waals surface area (Å²) in [6, 6.07) is 12.3. The Morgan fingerprint density at radius 1 is 1.08 bits per heavy atom. The maximum absolute atomic E-state index is 12.3. The Morgan fingerprint density at radius 2 is 1.81 bits per heavy atom. The van der Waals surface area contributed by atoms with Crippen LogP contribution in [0, 0.1) is 6.92 Å². The third-order valence-corrected chi connectivity index (χ3v) is 4.64. The van der Waals surface area contributed by atoms with E-state index in [4.69, 9.17) is 12.2 Å². The highest BCUT2D eigenvalue weighted by Gasteiger charge is 2.10. The smallest absolute Gasteiger partial charge is 0.257 e. The van der Waals surface area contributed by atoms with Crippen LogP contribution >= 0.6 is 28.1 Å². The van der Waals surface area contributed by atoms with Gasteiger partial charge in [0.15, 0.2) is 5.11 Å². The number of rotatable bonds is 5. The molecule has 0 unspecified atom stereocenters. The first-order chi connectivity index (χ1) is 12.4. The third-order valence-electron chi connectivity index (χ3n) is 3.58. The van der Waals surface area contributed by atoms with Crippen molar-refractivity contribution in [2.45, 2.75) is 20.3 Å². The van der Waals surface area contributed by atoms with Crippen LogP contribution in [-0.2, 0) is 0 Å². The number of amides is 2. The standard InChI is InChI=1S/C19H20BrN3O2S/c1-3-9-21-17(24)13-5-4-6-15(10-13)22-19(26)23-18(25)14-8-7-12(2)16(20)11-14/h4-8,10-11H,3,9H2,1-2H3,(H,21,24)(H2,22,23,25,26). The van der Waals surface area contributed by atoms with Gasteiger partial charge in [-0.15, -0.1) is 0 Å². The average molecular weight is 434 g/mol. The molecule has 7 heteroatoms. The van der Waals surface area contributed by atoms with Gasteiger partial charge in [0.1, 0.15) is 0 Å². The second-order valence-corrected chi connectivity index (χ2v) is 6.97. The number of hydrogen-bond donors (Lipinski definition) is 3. The van der Waals surface area contributed by atoms with E-state index >= 15 is 0 Å². The number of nitrogens with one attached hydrogen (secondary N) is 3. The monoisotopic (exact) mass is 433 g/mol. The molecule has 5 nitrogen and oxygen atoms in total. The fourth-order valence-electron chi connectivity index (χ4n) is 2.15. The molecule has 0 aliphatic rings. The van der Waals surface area contributed by atoms with Crippen LogP contribution in [0.1, 0.15) is 39.6 Å². The van der Waals surface area contributed by atoms with Gasteiger partial charge in [-0.05, 0) is 61.5 Å². The molecule has 0 aliphatic heterocycles. The number of aryl methyl sites for hydroxylation is 1. The van der Waals surface area contributed by atoms with Gasteiger partial charge in [-0.3, -0.25) is 14.9 Å². The fraction of sp³-hybridized carbons (Fsp3) is 0.211. The van der Waals surface area contributed by atoms with E-state index in [1.54, 1.807) is 36.4 Å². The number of anilines is 1. The van der Waals surface area contributed by atoms with Gasteiger partial charge in [0.25, 0.3) is 11.8 Å². The Morgan fingerprint density at radius 3 is 2.50 bits per heavy atom. The van der Waals surface area contributed by atoms with Crippen molar-refractivity contribution in [1.29, 1.82) is 0 Å². The zero-order valence-corrected chi connectivity index (χ0v) is 17.0. The predicted molar refractivity (Wildman–Crippen MR) is 112 cm³/mol. The summed E-state index contributed by atoms with van der Waals surface area (Å²) in [7, 11) is 0. The summed E-state index contributed by atoms with van der Waals surface area (Å²) in [6.45, 7) is 4.56. The summed E-state index contributed by atoms with van der Waals surface area (Å²) in [5.41, 5.74) is 2.70. The largest absolute Gasteiger partial charge is 0.352 e. The summed E-state index contributed by atoms with van der Waals surface area (Å²) in [5, 5.41) is 8.55. The van der Waals surface area contributed by atoms with Gasteiger partial charge < -0.3 is 10.6 Å². The van der Waals surface area contributed by atoms with Gasteiger partial charge in [-0.1, -0.05) is 35.0 Å². The molecule has 0 saturated heterocycles. The van der Waals surface area contributed by atoms with E-state index < -0.39 is 0 Å². The van der Waals surface area contributed by atoms with E-state index in [0.717, 1.165) is 16.5 Å². The Kier molecular flexibility index (Phi) is 7.29. The number of halogens is 1. The van der Waals surface area contributed by atoms with Crippen molar-refractivity contribution in [1.82, 2.24) is 10.6 Å². The van der Waals surface area contributed by atoms with Gasteiger partial charge >= 0.3 is 0 Å². The van der Waals surface area contributed by atoms with Crippen molar-refractivity contribution in [3.05, 3.63) is 63.6 Å².